The first kappa shape index (κ1) is 16.9. The Hall–Kier alpha value is -1.15. The van der Waals surface area contributed by atoms with E-state index in [1.165, 1.54) is 11.1 Å². The summed E-state index contributed by atoms with van der Waals surface area (Å²) in [6.45, 7) is 11.6. The molecule has 1 aromatic rings. The third-order valence-electron chi connectivity index (χ3n) is 3.51. The molecule has 1 aromatic carbocycles. The molecule has 0 atom stereocenters. The number of unbranched alkanes of at least 4 members (excludes halogenated alkanes) is 1. The third kappa shape index (κ3) is 5.09. The maximum absolute atomic E-state index is 12.2. The van der Waals surface area contributed by atoms with E-state index in [0.717, 1.165) is 18.4 Å². The van der Waals surface area contributed by atoms with Crippen LogP contribution < -0.4 is 0 Å². The largest absolute Gasteiger partial charge is 0.373 e. The van der Waals surface area contributed by atoms with E-state index in [9.17, 15) is 4.79 Å². The number of benzene rings is 1. The second kappa shape index (κ2) is 8.21. The van der Waals surface area contributed by atoms with Gasteiger partial charge in [-0.25, -0.2) is 0 Å². The minimum Gasteiger partial charge on any atom is -0.373 e. The maximum atomic E-state index is 12.2. The number of carbonyl (C=O) groups is 1. The summed E-state index contributed by atoms with van der Waals surface area (Å²) >= 11 is 0. The van der Waals surface area contributed by atoms with Gasteiger partial charge in [0.15, 0.2) is 5.78 Å². The van der Waals surface area contributed by atoms with E-state index < -0.39 is 0 Å². The number of rotatable bonds is 8. The number of hydrogen-bond acceptors (Lipinski definition) is 2. The van der Waals surface area contributed by atoms with Crippen LogP contribution >= 0.6 is 0 Å². The number of ketones is 1. The predicted molar refractivity (Wildman–Crippen MR) is 84.7 cm³/mol. The Labute approximate surface area is 123 Å². The predicted octanol–water partition coefficient (Wildman–Crippen LogP) is 4.93. The molecule has 0 aliphatic rings. The SMILES string of the molecule is CCCCOCC(=O)c1cc(C(C)C)cc(C(C)C)c1. The quantitative estimate of drug-likeness (QED) is 0.497. The van der Waals surface area contributed by atoms with Gasteiger partial charge in [-0.1, -0.05) is 47.1 Å². The van der Waals surface area contributed by atoms with E-state index in [1.807, 2.05) is 12.1 Å². The molecular formula is C18H28O2. The molecule has 0 saturated carbocycles. The first-order chi connectivity index (χ1) is 9.45. The second-order valence-electron chi connectivity index (χ2n) is 6.03. The van der Waals surface area contributed by atoms with E-state index in [-0.39, 0.29) is 12.4 Å². The van der Waals surface area contributed by atoms with Crippen molar-refractivity contribution in [2.75, 3.05) is 13.2 Å². The Morgan fingerprint density at radius 2 is 1.60 bits per heavy atom. The number of Topliss-reactive ketones (excluding diaryl/α,β-unsaturated/α-hetero) is 1. The molecule has 0 aliphatic carbocycles. The molecule has 0 unspecified atom stereocenters. The van der Waals surface area contributed by atoms with E-state index in [2.05, 4.69) is 40.7 Å². The summed E-state index contributed by atoms with van der Waals surface area (Å²) in [5, 5.41) is 0. The number of hydrogen-bond donors (Lipinski definition) is 0. The van der Waals surface area contributed by atoms with Gasteiger partial charge in [0.25, 0.3) is 0 Å². The van der Waals surface area contributed by atoms with Crippen molar-refractivity contribution in [3.63, 3.8) is 0 Å². The van der Waals surface area contributed by atoms with Gasteiger partial charge in [0.1, 0.15) is 6.61 Å². The van der Waals surface area contributed by atoms with Crippen LogP contribution in [0.3, 0.4) is 0 Å². The normalized spacial score (nSPS) is 11.3. The highest BCUT2D eigenvalue weighted by Crippen LogP contribution is 2.23. The second-order valence-corrected chi connectivity index (χ2v) is 6.03. The molecule has 0 aliphatic heterocycles. The lowest BCUT2D eigenvalue weighted by Crippen LogP contribution is -2.11. The average Bonchev–Trinajstić information content (AvgIpc) is 2.42. The van der Waals surface area contributed by atoms with Crippen molar-refractivity contribution in [3.05, 3.63) is 34.9 Å². The van der Waals surface area contributed by atoms with E-state index in [1.54, 1.807) is 0 Å². The molecule has 2 nitrogen and oxygen atoms in total. The summed E-state index contributed by atoms with van der Waals surface area (Å²) in [7, 11) is 0. The Morgan fingerprint density at radius 1 is 1.05 bits per heavy atom. The van der Waals surface area contributed by atoms with Gasteiger partial charge >= 0.3 is 0 Å². The zero-order chi connectivity index (χ0) is 15.1. The lowest BCUT2D eigenvalue weighted by atomic mass is 9.92. The molecule has 112 valence electrons. The topological polar surface area (TPSA) is 26.3 Å². The molecule has 0 heterocycles. The Bertz CT molecular complexity index is 407. The van der Waals surface area contributed by atoms with Crippen LogP contribution in [0.25, 0.3) is 0 Å². The summed E-state index contributed by atoms with van der Waals surface area (Å²) < 4.78 is 5.44. The van der Waals surface area contributed by atoms with Crippen molar-refractivity contribution in [2.24, 2.45) is 0 Å². The highest BCUT2D eigenvalue weighted by molar-refractivity contribution is 5.97. The highest BCUT2D eigenvalue weighted by Gasteiger charge is 2.12. The van der Waals surface area contributed by atoms with E-state index in [0.29, 0.717) is 18.4 Å². The van der Waals surface area contributed by atoms with Crippen LogP contribution in [0.2, 0.25) is 0 Å². The van der Waals surface area contributed by atoms with Crippen molar-refractivity contribution < 1.29 is 9.53 Å². The molecular weight excluding hydrogens is 248 g/mol. The van der Waals surface area contributed by atoms with Crippen LogP contribution in [0.1, 0.15) is 80.8 Å². The number of carbonyl (C=O) groups excluding carboxylic acids is 1. The monoisotopic (exact) mass is 276 g/mol. The smallest absolute Gasteiger partial charge is 0.188 e. The van der Waals surface area contributed by atoms with Gasteiger partial charge in [-0.15, -0.1) is 0 Å². The highest BCUT2D eigenvalue weighted by atomic mass is 16.5. The maximum Gasteiger partial charge on any atom is 0.188 e. The van der Waals surface area contributed by atoms with Gasteiger partial charge in [-0.05, 0) is 41.5 Å². The van der Waals surface area contributed by atoms with Crippen LogP contribution in [-0.4, -0.2) is 19.0 Å². The minimum absolute atomic E-state index is 0.0884. The lowest BCUT2D eigenvalue weighted by molar-refractivity contribution is 0.0754. The van der Waals surface area contributed by atoms with Gasteiger partial charge in [0.2, 0.25) is 0 Å². The van der Waals surface area contributed by atoms with E-state index in [4.69, 9.17) is 4.74 Å². The van der Waals surface area contributed by atoms with Gasteiger partial charge in [0.05, 0.1) is 0 Å². The van der Waals surface area contributed by atoms with Gasteiger partial charge in [-0.2, -0.15) is 0 Å². The van der Waals surface area contributed by atoms with Crippen molar-refractivity contribution >= 4 is 5.78 Å². The van der Waals surface area contributed by atoms with Gasteiger partial charge in [-0.3, -0.25) is 4.79 Å². The van der Waals surface area contributed by atoms with Crippen LogP contribution in [-0.2, 0) is 4.74 Å². The molecule has 1 rings (SSSR count). The molecule has 20 heavy (non-hydrogen) atoms. The average molecular weight is 276 g/mol. The lowest BCUT2D eigenvalue weighted by Gasteiger charge is -2.14. The zero-order valence-electron chi connectivity index (χ0n) is 13.5. The fraction of sp³-hybridized carbons (Fsp3) is 0.611. The van der Waals surface area contributed by atoms with Gasteiger partial charge in [0, 0.05) is 12.2 Å². The summed E-state index contributed by atoms with van der Waals surface area (Å²) in [6.07, 6.45) is 2.10. The first-order valence-electron chi connectivity index (χ1n) is 7.71. The summed E-state index contributed by atoms with van der Waals surface area (Å²) in [6, 6.07) is 6.24. The molecule has 0 N–H and O–H groups in total. The Balaban J connectivity index is 2.84. The first-order valence-corrected chi connectivity index (χ1v) is 7.71. The third-order valence-corrected chi connectivity index (χ3v) is 3.51. The molecule has 0 bridgehead atoms. The van der Waals surface area contributed by atoms with Crippen molar-refractivity contribution in [1.29, 1.82) is 0 Å². The standard InChI is InChI=1S/C18H28O2/c1-6-7-8-20-12-18(19)17-10-15(13(2)3)9-16(11-17)14(4)5/h9-11,13-14H,6-8,12H2,1-5H3. The fourth-order valence-corrected chi connectivity index (χ4v) is 2.00. The van der Waals surface area contributed by atoms with E-state index >= 15 is 0 Å². The van der Waals surface area contributed by atoms with Crippen LogP contribution in [0.4, 0.5) is 0 Å². The van der Waals surface area contributed by atoms with Gasteiger partial charge < -0.3 is 4.74 Å². The Morgan fingerprint density at radius 3 is 2.05 bits per heavy atom. The summed E-state index contributed by atoms with van der Waals surface area (Å²) in [5.41, 5.74) is 3.25. The molecule has 0 amide bonds. The molecule has 0 spiro atoms. The van der Waals surface area contributed by atoms with Crippen molar-refractivity contribution in [1.82, 2.24) is 0 Å². The summed E-state index contributed by atoms with van der Waals surface area (Å²) in [5.74, 6) is 0.952. The zero-order valence-corrected chi connectivity index (χ0v) is 13.5. The number of ether oxygens (including phenoxy) is 1. The molecule has 0 aromatic heterocycles. The molecule has 2 heteroatoms. The molecule has 0 saturated heterocycles. The molecule has 0 fully saturated rings. The minimum atomic E-state index is 0.0884. The summed E-state index contributed by atoms with van der Waals surface area (Å²) in [4.78, 5) is 12.2. The van der Waals surface area contributed by atoms with Crippen LogP contribution in [0.15, 0.2) is 18.2 Å². The van der Waals surface area contributed by atoms with Crippen molar-refractivity contribution in [2.45, 2.75) is 59.3 Å². The van der Waals surface area contributed by atoms with Crippen molar-refractivity contribution in [3.8, 4) is 0 Å². The molecule has 0 radical (unpaired) electrons. The van der Waals surface area contributed by atoms with Crippen LogP contribution in [0.5, 0.6) is 0 Å². The fourth-order valence-electron chi connectivity index (χ4n) is 2.00. The van der Waals surface area contributed by atoms with Crippen LogP contribution in [0, 0.1) is 0 Å². The Kier molecular flexibility index (Phi) is 6.94.